The Morgan fingerprint density at radius 3 is 2.50 bits per heavy atom. The summed E-state index contributed by atoms with van der Waals surface area (Å²) in [5.74, 6) is 0.531. The number of para-hydroxylation sites is 1. The Kier molecular flexibility index (Phi) is 6.61. The standard InChI is InChI=1S/C15H25N3O2/c1-12(2)14(11-17(3)4)16-10-9-13-7-5-6-8-15(13)18(19)20/h5-8,12,14,16H,9-11H2,1-4H3. The van der Waals surface area contributed by atoms with Crippen molar-refractivity contribution in [3.05, 3.63) is 39.9 Å². The molecule has 1 rings (SSSR count). The Balaban J connectivity index is 2.57. The summed E-state index contributed by atoms with van der Waals surface area (Å²) in [6, 6.07) is 7.35. The number of rotatable bonds is 8. The van der Waals surface area contributed by atoms with Gasteiger partial charge < -0.3 is 10.2 Å². The summed E-state index contributed by atoms with van der Waals surface area (Å²) in [6.07, 6.45) is 0.674. The van der Waals surface area contributed by atoms with Crippen molar-refractivity contribution in [3.63, 3.8) is 0 Å². The molecule has 1 atom stereocenters. The molecule has 0 aliphatic heterocycles. The molecule has 112 valence electrons. The van der Waals surface area contributed by atoms with Crippen molar-refractivity contribution in [2.45, 2.75) is 26.3 Å². The van der Waals surface area contributed by atoms with Gasteiger partial charge in [0.15, 0.2) is 0 Å². The number of benzene rings is 1. The minimum atomic E-state index is -0.310. The first-order valence-corrected chi connectivity index (χ1v) is 7.02. The van der Waals surface area contributed by atoms with Gasteiger partial charge in [0.2, 0.25) is 0 Å². The monoisotopic (exact) mass is 279 g/mol. The fourth-order valence-corrected chi connectivity index (χ4v) is 2.20. The number of nitrogens with zero attached hydrogens (tertiary/aromatic N) is 2. The van der Waals surface area contributed by atoms with Crippen LogP contribution in [0.1, 0.15) is 19.4 Å². The molecule has 0 saturated heterocycles. The summed E-state index contributed by atoms with van der Waals surface area (Å²) < 4.78 is 0. The first-order valence-electron chi connectivity index (χ1n) is 7.02. The highest BCUT2D eigenvalue weighted by Crippen LogP contribution is 2.17. The zero-order chi connectivity index (χ0) is 15.1. The lowest BCUT2D eigenvalue weighted by atomic mass is 10.0. The molecule has 0 aliphatic carbocycles. The zero-order valence-corrected chi connectivity index (χ0v) is 12.8. The van der Waals surface area contributed by atoms with E-state index in [-0.39, 0.29) is 10.6 Å². The Morgan fingerprint density at radius 2 is 1.95 bits per heavy atom. The first-order chi connectivity index (χ1) is 9.41. The Morgan fingerprint density at radius 1 is 1.30 bits per heavy atom. The average molecular weight is 279 g/mol. The molecule has 0 bridgehead atoms. The molecule has 0 aliphatic rings. The Bertz CT molecular complexity index is 433. The van der Waals surface area contributed by atoms with Crippen molar-refractivity contribution in [1.29, 1.82) is 0 Å². The molecule has 5 heteroatoms. The molecule has 1 aromatic carbocycles. The van der Waals surface area contributed by atoms with Gasteiger partial charge in [0, 0.05) is 24.2 Å². The number of nitro benzene ring substituents is 1. The van der Waals surface area contributed by atoms with Gasteiger partial charge in [-0.15, -0.1) is 0 Å². The minimum absolute atomic E-state index is 0.211. The zero-order valence-electron chi connectivity index (χ0n) is 12.8. The van der Waals surface area contributed by atoms with Crippen molar-refractivity contribution in [2.24, 2.45) is 5.92 Å². The Hall–Kier alpha value is -1.46. The molecular formula is C15H25N3O2. The second-order valence-corrected chi connectivity index (χ2v) is 5.70. The summed E-state index contributed by atoms with van der Waals surface area (Å²) in [5.41, 5.74) is 1.00. The van der Waals surface area contributed by atoms with Crippen molar-refractivity contribution in [2.75, 3.05) is 27.2 Å². The number of hydrogen-bond acceptors (Lipinski definition) is 4. The van der Waals surface area contributed by atoms with E-state index in [0.717, 1.165) is 18.7 Å². The fourth-order valence-electron chi connectivity index (χ4n) is 2.20. The third-order valence-corrected chi connectivity index (χ3v) is 3.36. The van der Waals surface area contributed by atoms with E-state index in [9.17, 15) is 10.1 Å². The van der Waals surface area contributed by atoms with E-state index in [2.05, 4.69) is 38.2 Å². The SMILES string of the molecule is CC(C)C(CN(C)C)NCCc1ccccc1[N+](=O)[O-]. The maximum absolute atomic E-state index is 11.0. The number of nitro groups is 1. The number of likely N-dealkylation sites (N-methyl/N-ethyl adjacent to an activating group) is 1. The molecule has 0 radical (unpaired) electrons. The molecule has 0 heterocycles. The van der Waals surface area contributed by atoms with Crippen LogP contribution in [0.5, 0.6) is 0 Å². The predicted octanol–water partition coefficient (Wildman–Crippen LogP) is 2.31. The highest BCUT2D eigenvalue weighted by atomic mass is 16.6. The van der Waals surface area contributed by atoms with E-state index >= 15 is 0 Å². The molecule has 0 spiro atoms. The van der Waals surface area contributed by atoms with Gasteiger partial charge >= 0.3 is 0 Å². The van der Waals surface area contributed by atoms with Crippen LogP contribution in [0.2, 0.25) is 0 Å². The van der Waals surface area contributed by atoms with Crippen molar-refractivity contribution < 1.29 is 4.92 Å². The fraction of sp³-hybridized carbons (Fsp3) is 0.600. The van der Waals surface area contributed by atoms with E-state index in [1.165, 1.54) is 0 Å². The van der Waals surface area contributed by atoms with Crippen LogP contribution in [0.4, 0.5) is 5.69 Å². The van der Waals surface area contributed by atoms with E-state index in [0.29, 0.717) is 18.4 Å². The molecule has 0 aromatic heterocycles. The summed E-state index contributed by atoms with van der Waals surface area (Å²) in [5, 5.41) is 14.5. The normalized spacial score (nSPS) is 12.9. The Labute approximate surface area is 121 Å². The van der Waals surface area contributed by atoms with Crippen LogP contribution in [0, 0.1) is 16.0 Å². The van der Waals surface area contributed by atoms with E-state index in [1.54, 1.807) is 12.1 Å². The lowest BCUT2D eigenvalue weighted by Crippen LogP contribution is -2.42. The lowest BCUT2D eigenvalue weighted by molar-refractivity contribution is -0.385. The van der Waals surface area contributed by atoms with Gasteiger partial charge in [0.25, 0.3) is 5.69 Å². The lowest BCUT2D eigenvalue weighted by Gasteiger charge is -2.25. The van der Waals surface area contributed by atoms with Gasteiger partial charge in [-0.3, -0.25) is 10.1 Å². The van der Waals surface area contributed by atoms with Crippen LogP contribution >= 0.6 is 0 Å². The van der Waals surface area contributed by atoms with Crippen molar-refractivity contribution in [1.82, 2.24) is 10.2 Å². The van der Waals surface area contributed by atoms with Gasteiger partial charge in [-0.2, -0.15) is 0 Å². The van der Waals surface area contributed by atoms with Crippen LogP contribution in [0.3, 0.4) is 0 Å². The van der Waals surface area contributed by atoms with E-state index in [1.807, 2.05) is 12.1 Å². The molecule has 1 unspecified atom stereocenters. The second kappa shape index (κ2) is 7.97. The molecular weight excluding hydrogens is 254 g/mol. The van der Waals surface area contributed by atoms with Crippen LogP contribution in [0.15, 0.2) is 24.3 Å². The molecule has 0 amide bonds. The van der Waals surface area contributed by atoms with Crippen LogP contribution in [0.25, 0.3) is 0 Å². The van der Waals surface area contributed by atoms with Crippen LogP contribution in [-0.2, 0) is 6.42 Å². The van der Waals surface area contributed by atoms with E-state index < -0.39 is 0 Å². The molecule has 20 heavy (non-hydrogen) atoms. The van der Waals surface area contributed by atoms with Gasteiger partial charge in [-0.05, 0) is 33.0 Å². The third kappa shape index (κ3) is 5.27. The van der Waals surface area contributed by atoms with Crippen molar-refractivity contribution >= 4 is 5.69 Å². The van der Waals surface area contributed by atoms with E-state index in [4.69, 9.17) is 0 Å². The quantitative estimate of drug-likeness (QED) is 0.586. The summed E-state index contributed by atoms with van der Waals surface area (Å²) in [4.78, 5) is 12.8. The van der Waals surface area contributed by atoms with Gasteiger partial charge in [-0.1, -0.05) is 32.0 Å². The van der Waals surface area contributed by atoms with Crippen LogP contribution in [-0.4, -0.2) is 43.0 Å². The molecule has 1 aromatic rings. The number of hydrogen-bond donors (Lipinski definition) is 1. The third-order valence-electron chi connectivity index (χ3n) is 3.36. The summed E-state index contributed by atoms with van der Waals surface area (Å²) in [6.45, 7) is 6.09. The summed E-state index contributed by atoms with van der Waals surface area (Å²) >= 11 is 0. The van der Waals surface area contributed by atoms with Gasteiger partial charge in [0.05, 0.1) is 4.92 Å². The largest absolute Gasteiger partial charge is 0.312 e. The highest BCUT2D eigenvalue weighted by Gasteiger charge is 2.15. The second-order valence-electron chi connectivity index (χ2n) is 5.70. The molecule has 0 fully saturated rings. The first kappa shape index (κ1) is 16.6. The predicted molar refractivity (Wildman–Crippen MR) is 82.0 cm³/mol. The maximum Gasteiger partial charge on any atom is 0.272 e. The molecule has 1 N–H and O–H groups in total. The highest BCUT2D eigenvalue weighted by molar-refractivity contribution is 5.39. The topological polar surface area (TPSA) is 58.4 Å². The smallest absolute Gasteiger partial charge is 0.272 e. The van der Waals surface area contributed by atoms with Gasteiger partial charge in [-0.25, -0.2) is 0 Å². The maximum atomic E-state index is 11.0. The molecule has 5 nitrogen and oxygen atoms in total. The minimum Gasteiger partial charge on any atom is -0.312 e. The number of nitrogens with one attached hydrogen (secondary N) is 1. The average Bonchev–Trinajstić information content (AvgIpc) is 2.37. The molecule has 0 saturated carbocycles. The van der Waals surface area contributed by atoms with Crippen LogP contribution < -0.4 is 5.32 Å². The van der Waals surface area contributed by atoms with Gasteiger partial charge in [0.1, 0.15) is 0 Å². The summed E-state index contributed by atoms with van der Waals surface area (Å²) in [7, 11) is 4.11. The van der Waals surface area contributed by atoms with Crippen molar-refractivity contribution in [3.8, 4) is 0 Å².